The number of carbonyl (C=O) groups excluding carboxylic acids is 3. The van der Waals surface area contributed by atoms with Crippen molar-refractivity contribution in [3.8, 4) is 16.9 Å². The third-order valence-electron chi connectivity index (χ3n) is 6.20. The van der Waals surface area contributed by atoms with E-state index < -0.39 is 6.04 Å². The molecule has 2 atom stereocenters. The highest BCUT2D eigenvalue weighted by atomic mass is 32.2. The fourth-order valence-electron chi connectivity index (χ4n) is 4.39. The second-order valence-electron chi connectivity index (χ2n) is 8.05. The van der Waals surface area contributed by atoms with Crippen LogP contribution in [0.5, 0.6) is 5.75 Å². The van der Waals surface area contributed by atoms with Crippen molar-refractivity contribution >= 4 is 35.2 Å². The minimum absolute atomic E-state index is 0.00143. The van der Waals surface area contributed by atoms with Crippen LogP contribution in [0, 0.1) is 0 Å². The van der Waals surface area contributed by atoms with Crippen molar-refractivity contribution in [1.29, 1.82) is 0 Å². The maximum Gasteiger partial charge on any atom is 0.256 e. The molecule has 2 aromatic carbocycles. The molecule has 3 aliphatic rings. The molecule has 166 valence electrons. The van der Waals surface area contributed by atoms with Gasteiger partial charge >= 0.3 is 0 Å². The van der Waals surface area contributed by atoms with Gasteiger partial charge in [-0.15, -0.1) is 11.8 Å². The zero-order valence-corrected chi connectivity index (χ0v) is 18.5. The smallest absolute Gasteiger partial charge is 0.256 e. The van der Waals surface area contributed by atoms with E-state index in [9.17, 15) is 14.4 Å². The van der Waals surface area contributed by atoms with Crippen LogP contribution in [0.15, 0.2) is 42.5 Å². The van der Waals surface area contributed by atoms with Crippen molar-refractivity contribution in [2.45, 2.75) is 12.1 Å². The van der Waals surface area contributed by atoms with Gasteiger partial charge in [-0.05, 0) is 35.4 Å². The van der Waals surface area contributed by atoms with Crippen molar-refractivity contribution in [1.82, 2.24) is 15.1 Å². The summed E-state index contributed by atoms with van der Waals surface area (Å²) in [6.45, 7) is 0.956. The van der Waals surface area contributed by atoms with E-state index in [0.29, 0.717) is 24.3 Å². The number of nitrogens with one attached hydrogen (secondary N) is 2. The van der Waals surface area contributed by atoms with Crippen molar-refractivity contribution < 1.29 is 19.1 Å². The highest BCUT2D eigenvalue weighted by molar-refractivity contribution is 7.99. The van der Waals surface area contributed by atoms with Crippen LogP contribution in [-0.2, 0) is 9.59 Å². The van der Waals surface area contributed by atoms with Gasteiger partial charge in [0.05, 0.1) is 30.9 Å². The summed E-state index contributed by atoms with van der Waals surface area (Å²) in [5, 5.41) is 6.08. The first-order valence-corrected chi connectivity index (χ1v) is 11.7. The number of thioether (sulfide) groups is 1. The van der Waals surface area contributed by atoms with Crippen LogP contribution in [-0.4, -0.2) is 78.0 Å². The van der Waals surface area contributed by atoms with E-state index in [2.05, 4.69) is 10.6 Å². The lowest BCUT2D eigenvalue weighted by Gasteiger charge is -2.40. The summed E-state index contributed by atoms with van der Waals surface area (Å²) in [6.07, 6.45) is 0. The molecule has 0 aliphatic carbocycles. The number of ether oxygens (including phenoxy) is 1. The minimum atomic E-state index is -0.703. The summed E-state index contributed by atoms with van der Waals surface area (Å²) in [4.78, 5) is 42.5. The Labute approximate surface area is 190 Å². The second-order valence-corrected chi connectivity index (χ2v) is 9.08. The van der Waals surface area contributed by atoms with E-state index in [1.54, 1.807) is 34.7 Å². The molecular weight excluding hydrogens is 428 g/mol. The van der Waals surface area contributed by atoms with Gasteiger partial charge in [-0.1, -0.05) is 18.2 Å². The van der Waals surface area contributed by atoms with Gasteiger partial charge in [0.15, 0.2) is 0 Å². The van der Waals surface area contributed by atoms with Crippen LogP contribution < -0.4 is 15.4 Å². The number of methoxy groups -OCH3 is 1. The number of fused-ring (bicyclic) bond motifs is 2. The van der Waals surface area contributed by atoms with E-state index in [0.717, 1.165) is 28.5 Å². The Balaban J connectivity index is 1.40. The number of amides is 3. The molecule has 8 nitrogen and oxygen atoms in total. The minimum Gasteiger partial charge on any atom is -0.497 e. The molecule has 0 spiro atoms. The van der Waals surface area contributed by atoms with E-state index in [-0.39, 0.29) is 30.3 Å². The standard InChI is InChI=1S/C23H24N4O4S/c1-31-16-5-2-14(3-6-16)15-4-7-18-17(10-15)22(29)27-9-8-26(11-20(27)21(28)25-18)23(30)19-12-32-13-24-19/h2-7,10,19-20,24H,8-9,11-13H2,1H3,(H,25,28)/t19-,20-/m1/s1. The van der Waals surface area contributed by atoms with E-state index >= 15 is 0 Å². The molecular formula is C23H24N4O4S. The van der Waals surface area contributed by atoms with Crippen LogP contribution in [0.3, 0.4) is 0 Å². The van der Waals surface area contributed by atoms with Crippen LogP contribution in [0.25, 0.3) is 11.1 Å². The summed E-state index contributed by atoms with van der Waals surface area (Å²) in [7, 11) is 1.62. The van der Waals surface area contributed by atoms with Crippen LogP contribution >= 0.6 is 11.8 Å². The number of hydrogen-bond acceptors (Lipinski definition) is 6. The largest absolute Gasteiger partial charge is 0.497 e. The zero-order chi connectivity index (χ0) is 22.2. The number of rotatable bonds is 3. The highest BCUT2D eigenvalue weighted by Crippen LogP contribution is 2.31. The topological polar surface area (TPSA) is 91.0 Å². The van der Waals surface area contributed by atoms with Gasteiger partial charge in [-0.2, -0.15) is 0 Å². The molecule has 3 heterocycles. The Bertz CT molecular complexity index is 1070. The Kier molecular flexibility index (Phi) is 5.52. The van der Waals surface area contributed by atoms with Gasteiger partial charge in [-0.3, -0.25) is 19.7 Å². The normalized spacial score (nSPS) is 22.7. The summed E-state index contributed by atoms with van der Waals surface area (Å²) >= 11 is 1.69. The zero-order valence-electron chi connectivity index (χ0n) is 17.7. The van der Waals surface area contributed by atoms with Gasteiger partial charge in [0.1, 0.15) is 11.8 Å². The fourth-order valence-corrected chi connectivity index (χ4v) is 5.32. The molecule has 0 radical (unpaired) electrons. The number of anilines is 1. The van der Waals surface area contributed by atoms with Crippen molar-refractivity contribution in [3.63, 3.8) is 0 Å². The first-order valence-electron chi connectivity index (χ1n) is 10.6. The lowest BCUT2D eigenvalue weighted by Crippen LogP contribution is -2.61. The SMILES string of the molecule is COc1ccc(-c2ccc3c(c2)C(=O)N2CCN(C(=O)[C@H]4CSCN4)C[C@@H]2C(=O)N3)cc1. The number of hydrogen-bond donors (Lipinski definition) is 2. The number of carbonyl (C=O) groups is 3. The van der Waals surface area contributed by atoms with E-state index in [1.807, 2.05) is 36.4 Å². The molecule has 2 fully saturated rings. The maximum atomic E-state index is 13.4. The van der Waals surface area contributed by atoms with Crippen LogP contribution in [0.1, 0.15) is 10.4 Å². The molecule has 2 aromatic rings. The van der Waals surface area contributed by atoms with Crippen molar-refractivity contribution in [2.24, 2.45) is 0 Å². The highest BCUT2D eigenvalue weighted by Gasteiger charge is 2.41. The Morgan fingerprint density at radius 1 is 1.09 bits per heavy atom. The van der Waals surface area contributed by atoms with Crippen LogP contribution in [0.2, 0.25) is 0 Å². The van der Waals surface area contributed by atoms with Gasteiger partial charge in [0.25, 0.3) is 5.91 Å². The third-order valence-corrected chi connectivity index (χ3v) is 7.14. The Morgan fingerprint density at radius 2 is 1.88 bits per heavy atom. The molecule has 0 bridgehead atoms. The van der Waals surface area contributed by atoms with E-state index in [4.69, 9.17) is 4.74 Å². The monoisotopic (exact) mass is 452 g/mol. The Hall–Kier alpha value is -3.04. The average Bonchev–Trinajstić information content (AvgIpc) is 3.35. The molecule has 2 N–H and O–H groups in total. The van der Waals surface area contributed by atoms with Crippen LogP contribution in [0.4, 0.5) is 5.69 Å². The number of piperazine rings is 1. The molecule has 0 aromatic heterocycles. The molecule has 5 rings (SSSR count). The Morgan fingerprint density at radius 3 is 2.59 bits per heavy atom. The second kappa shape index (κ2) is 8.48. The van der Waals surface area contributed by atoms with Gasteiger partial charge in [-0.25, -0.2) is 0 Å². The van der Waals surface area contributed by atoms with Crippen molar-refractivity contribution in [2.75, 3.05) is 43.7 Å². The van der Waals surface area contributed by atoms with Gasteiger partial charge in [0, 0.05) is 24.7 Å². The first-order chi connectivity index (χ1) is 15.5. The summed E-state index contributed by atoms with van der Waals surface area (Å²) in [6, 6.07) is 12.2. The molecule has 9 heteroatoms. The molecule has 0 unspecified atom stereocenters. The summed E-state index contributed by atoms with van der Waals surface area (Å²) < 4.78 is 5.22. The van der Waals surface area contributed by atoms with Crippen molar-refractivity contribution in [3.05, 3.63) is 48.0 Å². The lowest BCUT2D eigenvalue weighted by atomic mass is 10.0. The number of benzene rings is 2. The quantitative estimate of drug-likeness (QED) is 0.736. The lowest BCUT2D eigenvalue weighted by molar-refractivity contribution is -0.137. The van der Waals surface area contributed by atoms with Gasteiger partial charge in [0.2, 0.25) is 11.8 Å². The predicted octanol–water partition coefficient (Wildman–Crippen LogP) is 1.63. The van der Waals surface area contributed by atoms with E-state index in [1.165, 1.54) is 0 Å². The molecule has 3 aliphatic heterocycles. The fraction of sp³-hybridized carbons (Fsp3) is 0.348. The summed E-state index contributed by atoms with van der Waals surface area (Å²) in [5.41, 5.74) is 2.79. The third kappa shape index (κ3) is 3.71. The molecule has 3 amide bonds. The van der Waals surface area contributed by atoms with Gasteiger partial charge < -0.3 is 19.9 Å². The summed E-state index contributed by atoms with van der Waals surface area (Å²) in [5.74, 6) is 1.78. The number of nitrogens with zero attached hydrogens (tertiary/aromatic N) is 2. The molecule has 0 saturated carbocycles. The predicted molar refractivity (Wildman–Crippen MR) is 123 cm³/mol. The first kappa shape index (κ1) is 20.8. The molecule has 32 heavy (non-hydrogen) atoms. The molecule has 2 saturated heterocycles. The average molecular weight is 453 g/mol. The maximum absolute atomic E-state index is 13.4.